The van der Waals surface area contributed by atoms with E-state index in [-0.39, 0.29) is 11.5 Å². The highest BCUT2D eigenvalue weighted by atomic mass is 32.1. The van der Waals surface area contributed by atoms with E-state index >= 15 is 0 Å². The predicted octanol–water partition coefficient (Wildman–Crippen LogP) is 4.62. The molecule has 116 valence electrons. The quantitative estimate of drug-likeness (QED) is 0.707. The molecule has 4 nitrogen and oxygen atoms in total. The van der Waals surface area contributed by atoms with E-state index in [4.69, 9.17) is 5.26 Å². The van der Waals surface area contributed by atoms with E-state index < -0.39 is 6.29 Å². The van der Waals surface area contributed by atoms with Gasteiger partial charge in [0.2, 0.25) is 0 Å². The fourth-order valence-corrected chi connectivity index (χ4v) is 2.54. The van der Waals surface area contributed by atoms with Gasteiger partial charge in [-0.15, -0.1) is 8.78 Å². The smallest absolute Gasteiger partial charge is 0.395 e. The van der Waals surface area contributed by atoms with Crippen LogP contribution in [-0.2, 0) is 0 Å². The average Bonchev–Trinajstić information content (AvgIpc) is 3.26. The Morgan fingerprint density at radius 1 is 1.04 bits per heavy atom. The summed E-state index contributed by atoms with van der Waals surface area (Å²) in [5, 5.41) is 13.0. The number of aromatic amines is 1. The molecule has 7 heteroatoms. The summed E-state index contributed by atoms with van der Waals surface area (Å²) in [5.41, 5.74) is 1.24. The van der Waals surface area contributed by atoms with Crippen LogP contribution >= 0.6 is 11.3 Å². The van der Waals surface area contributed by atoms with Gasteiger partial charge in [-0.2, -0.15) is 16.6 Å². The van der Waals surface area contributed by atoms with Gasteiger partial charge in [0, 0.05) is 23.5 Å². The number of nitriles is 1. The largest absolute Gasteiger partial charge is 0.586 e. The fourth-order valence-electron chi connectivity index (χ4n) is 2.09. The number of ether oxygens (including phenoxy) is 2. The number of halogens is 2. The zero-order chi connectivity index (χ0) is 16.3. The molecule has 1 aliphatic heterocycles. The van der Waals surface area contributed by atoms with E-state index in [2.05, 4.69) is 14.5 Å². The lowest BCUT2D eigenvalue weighted by Crippen LogP contribution is -2.26. The first-order valence-corrected chi connectivity index (χ1v) is 7.48. The van der Waals surface area contributed by atoms with Crippen LogP contribution in [0.25, 0.3) is 11.1 Å². The van der Waals surface area contributed by atoms with Crippen LogP contribution < -0.4 is 9.47 Å². The minimum absolute atomic E-state index is 0.0393. The maximum atomic E-state index is 13.0. The monoisotopic (exact) mass is 332 g/mol. The van der Waals surface area contributed by atoms with Gasteiger partial charge >= 0.3 is 6.29 Å². The molecule has 0 amide bonds. The zero-order valence-electron chi connectivity index (χ0n) is 11.6. The van der Waals surface area contributed by atoms with Crippen molar-refractivity contribution in [2.24, 2.45) is 0 Å². The van der Waals surface area contributed by atoms with Crippen LogP contribution in [0.1, 0.15) is 5.56 Å². The minimum atomic E-state index is -3.67. The standard InChI is InChI=1S/C12H6F2N2O2.C4H4S/c13-12(14)17-10-3-1-2-8(11(10)18-12)9-6-16-5-7(9)4-15;1-2-4-5-3-1/h1-3,5-6,16H;1-4H. The molecule has 0 radical (unpaired) electrons. The number of thiophene rings is 1. The Morgan fingerprint density at radius 2 is 1.83 bits per heavy atom. The van der Waals surface area contributed by atoms with E-state index in [9.17, 15) is 8.78 Å². The Kier molecular flexibility index (Phi) is 4.00. The van der Waals surface area contributed by atoms with Crippen LogP contribution in [-0.4, -0.2) is 11.3 Å². The Labute approximate surface area is 134 Å². The molecule has 0 unspecified atom stereocenters. The minimum Gasteiger partial charge on any atom is -0.395 e. The second-order valence-corrected chi connectivity index (χ2v) is 5.30. The molecule has 0 spiro atoms. The lowest BCUT2D eigenvalue weighted by atomic mass is 10.0. The van der Waals surface area contributed by atoms with Crippen LogP contribution in [0.5, 0.6) is 11.5 Å². The highest BCUT2D eigenvalue weighted by molar-refractivity contribution is 7.07. The van der Waals surface area contributed by atoms with Crippen molar-refractivity contribution in [3.8, 4) is 28.7 Å². The number of hydrogen-bond acceptors (Lipinski definition) is 4. The van der Waals surface area contributed by atoms with Gasteiger partial charge in [-0.3, -0.25) is 0 Å². The maximum Gasteiger partial charge on any atom is 0.586 e. The third-order valence-electron chi connectivity index (χ3n) is 3.01. The van der Waals surface area contributed by atoms with Gasteiger partial charge in [0.25, 0.3) is 0 Å². The second-order valence-electron chi connectivity index (χ2n) is 4.49. The average molecular weight is 332 g/mol. The Morgan fingerprint density at radius 3 is 2.48 bits per heavy atom. The first-order valence-electron chi connectivity index (χ1n) is 6.54. The number of fused-ring (bicyclic) bond motifs is 1. The van der Waals surface area contributed by atoms with E-state index in [1.54, 1.807) is 29.7 Å². The second kappa shape index (κ2) is 6.10. The maximum absolute atomic E-state index is 13.0. The molecule has 3 heterocycles. The molecular formula is C16H10F2N2O2S. The number of aromatic nitrogens is 1. The summed E-state index contributed by atoms with van der Waals surface area (Å²) in [4.78, 5) is 2.75. The summed E-state index contributed by atoms with van der Waals surface area (Å²) < 4.78 is 34.9. The van der Waals surface area contributed by atoms with Crippen molar-refractivity contribution in [1.82, 2.24) is 4.98 Å². The fraction of sp³-hybridized carbons (Fsp3) is 0.0625. The van der Waals surface area contributed by atoms with Crippen molar-refractivity contribution in [2.45, 2.75) is 6.29 Å². The first-order chi connectivity index (χ1) is 11.1. The van der Waals surface area contributed by atoms with E-state index in [1.807, 2.05) is 29.0 Å². The third-order valence-corrected chi connectivity index (χ3v) is 3.64. The summed E-state index contributed by atoms with van der Waals surface area (Å²) in [6.07, 6.45) is -0.627. The summed E-state index contributed by atoms with van der Waals surface area (Å²) in [6, 6.07) is 10.5. The van der Waals surface area contributed by atoms with Crippen LogP contribution in [0, 0.1) is 11.3 Å². The number of nitrogens with one attached hydrogen (secondary N) is 1. The Balaban J connectivity index is 0.000000267. The molecule has 1 N–H and O–H groups in total. The molecule has 0 bridgehead atoms. The molecular weight excluding hydrogens is 322 g/mol. The molecule has 2 aromatic heterocycles. The molecule has 3 aromatic rings. The number of H-pyrrole nitrogens is 1. The molecule has 1 aliphatic rings. The van der Waals surface area contributed by atoms with Crippen molar-refractivity contribution < 1.29 is 18.3 Å². The number of alkyl halides is 2. The summed E-state index contributed by atoms with van der Waals surface area (Å²) >= 11 is 1.71. The molecule has 1 aromatic carbocycles. The number of rotatable bonds is 1. The zero-order valence-corrected chi connectivity index (χ0v) is 12.4. The van der Waals surface area contributed by atoms with Crippen LogP contribution in [0.3, 0.4) is 0 Å². The topological polar surface area (TPSA) is 58.0 Å². The predicted molar refractivity (Wildman–Crippen MR) is 81.5 cm³/mol. The van der Waals surface area contributed by atoms with Gasteiger partial charge in [-0.05, 0) is 16.8 Å². The molecule has 0 fully saturated rings. The van der Waals surface area contributed by atoms with Gasteiger partial charge in [0.05, 0.1) is 5.56 Å². The van der Waals surface area contributed by atoms with Crippen molar-refractivity contribution in [2.75, 3.05) is 0 Å². The van der Waals surface area contributed by atoms with Gasteiger partial charge in [0.1, 0.15) is 6.07 Å². The van der Waals surface area contributed by atoms with Gasteiger partial charge in [-0.1, -0.05) is 24.3 Å². The van der Waals surface area contributed by atoms with E-state index in [1.165, 1.54) is 12.3 Å². The molecule has 0 aliphatic carbocycles. The van der Waals surface area contributed by atoms with Crippen LogP contribution in [0.4, 0.5) is 8.78 Å². The molecule has 0 saturated carbocycles. The van der Waals surface area contributed by atoms with Gasteiger partial charge < -0.3 is 14.5 Å². The third kappa shape index (κ3) is 3.17. The Bertz CT molecular complexity index is 821. The lowest BCUT2D eigenvalue weighted by molar-refractivity contribution is -0.286. The summed E-state index contributed by atoms with van der Waals surface area (Å²) in [6.45, 7) is 0. The lowest BCUT2D eigenvalue weighted by Gasteiger charge is -2.06. The number of para-hydroxylation sites is 1. The van der Waals surface area contributed by atoms with E-state index in [0.717, 1.165) is 0 Å². The normalized spacial score (nSPS) is 13.8. The number of nitrogens with zero attached hydrogens (tertiary/aromatic N) is 1. The number of hydrogen-bond donors (Lipinski definition) is 1. The summed E-state index contributed by atoms with van der Waals surface area (Å²) in [7, 11) is 0. The highest BCUT2D eigenvalue weighted by Crippen LogP contribution is 2.47. The highest BCUT2D eigenvalue weighted by Gasteiger charge is 2.44. The SMILES string of the molecule is N#Cc1c[nH]cc1-c1cccc2c1OC(F)(F)O2.c1ccsc1. The van der Waals surface area contributed by atoms with Crippen molar-refractivity contribution in [3.63, 3.8) is 0 Å². The van der Waals surface area contributed by atoms with Gasteiger partial charge in [-0.25, -0.2) is 0 Å². The molecule has 4 rings (SSSR count). The first kappa shape index (κ1) is 15.1. The molecule has 0 atom stereocenters. The van der Waals surface area contributed by atoms with Crippen molar-refractivity contribution in [3.05, 3.63) is 59.0 Å². The molecule has 0 saturated heterocycles. The van der Waals surface area contributed by atoms with E-state index in [0.29, 0.717) is 16.7 Å². The van der Waals surface area contributed by atoms with Crippen LogP contribution in [0.2, 0.25) is 0 Å². The molecule has 23 heavy (non-hydrogen) atoms. The van der Waals surface area contributed by atoms with Crippen molar-refractivity contribution in [1.29, 1.82) is 5.26 Å². The Hall–Kier alpha value is -2.85. The van der Waals surface area contributed by atoms with Gasteiger partial charge in [0.15, 0.2) is 11.5 Å². The van der Waals surface area contributed by atoms with Crippen molar-refractivity contribution >= 4 is 11.3 Å². The summed E-state index contributed by atoms with van der Waals surface area (Å²) in [5.74, 6) is -0.0961. The number of benzene rings is 1. The van der Waals surface area contributed by atoms with Crippen LogP contribution in [0.15, 0.2) is 53.5 Å².